The van der Waals surface area contributed by atoms with E-state index in [-0.39, 0.29) is 0 Å². The maximum absolute atomic E-state index is 7.23. The first-order valence-corrected chi connectivity index (χ1v) is 7.43. The van der Waals surface area contributed by atoms with Gasteiger partial charge in [-0.25, -0.2) is 0 Å². The molecule has 4 aromatic heterocycles. The lowest BCUT2D eigenvalue weighted by Gasteiger charge is -2.03. The number of aryl methyl sites for hydroxylation is 2. The Balaban J connectivity index is 2.13. The number of pyridine rings is 2. The molecule has 0 aliphatic carbocycles. The fourth-order valence-corrected chi connectivity index (χ4v) is 2.94. The van der Waals surface area contributed by atoms with Gasteiger partial charge in [0, 0.05) is 18.0 Å². The smallest absolute Gasteiger partial charge is 0.270 e. The van der Waals surface area contributed by atoms with E-state index >= 15 is 0 Å². The molecule has 0 fully saturated rings. The van der Waals surface area contributed by atoms with Gasteiger partial charge in [0.25, 0.3) is 5.82 Å². The monoisotopic (exact) mass is 315 g/mol. The lowest BCUT2D eigenvalue weighted by Crippen LogP contribution is -1.87. The summed E-state index contributed by atoms with van der Waals surface area (Å²) < 4.78 is 5.35. The lowest BCUT2D eigenvalue weighted by molar-refractivity contribution is 0.393. The maximum Gasteiger partial charge on any atom is 0.270 e. The molecule has 0 atom stereocenters. The molecule has 6 nitrogen and oxygen atoms in total. The van der Waals surface area contributed by atoms with Crippen LogP contribution in [0.5, 0.6) is 0 Å². The van der Waals surface area contributed by atoms with Crippen molar-refractivity contribution < 1.29 is 4.52 Å². The zero-order valence-corrected chi connectivity index (χ0v) is 13.2. The molecule has 116 valence electrons. The minimum absolute atomic E-state index is 0.357. The summed E-state index contributed by atoms with van der Waals surface area (Å²) in [5.74, 6) is 1.08. The van der Waals surface area contributed by atoms with E-state index in [9.17, 15) is 0 Å². The van der Waals surface area contributed by atoms with Gasteiger partial charge in [-0.1, -0.05) is 11.7 Å². The number of aromatic nitrogens is 4. The minimum atomic E-state index is 0.357. The van der Waals surface area contributed by atoms with Gasteiger partial charge in [-0.3, -0.25) is 4.98 Å². The molecule has 0 aliphatic heterocycles. The largest absolute Gasteiger partial charge is 0.361 e. The van der Waals surface area contributed by atoms with Crippen LogP contribution in [0.15, 0.2) is 41.2 Å². The molecule has 0 radical (unpaired) electrons. The van der Waals surface area contributed by atoms with Crippen LogP contribution in [0, 0.1) is 20.4 Å². The number of fused-ring (bicyclic) bond motifs is 1. The molecule has 24 heavy (non-hydrogen) atoms. The Bertz CT molecular complexity index is 1070. The molecule has 4 rings (SSSR count). The van der Waals surface area contributed by atoms with E-state index < -0.39 is 0 Å². The van der Waals surface area contributed by atoms with Crippen LogP contribution in [0.25, 0.3) is 38.3 Å². The highest BCUT2D eigenvalue weighted by Crippen LogP contribution is 2.40. The van der Waals surface area contributed by atoms with Crippen molar-refractivity contribution >= 4 is 16.9 Å². The Morgan fingerprint density at radius 3 is 2.54 bits per heavy atom. The summed E-state index contributed by atoms with van der Waals surface area (Å²) >= 11 is 0. The second-order valence-corrected chi connectivity index (χ2v) is 5.49. The SMILES string of the molecule is [C-]#[N+]c1ccc2[nH]c(-c3ccncc3)c(-c3c(C)noc3C)c2n1. The second-order valence-electron chi connectivity index (χ2n) is 5.49. The van der Waals surface area contributed by atoms with Crippen LogP contribution in [0.1, 0.15) is 11.5 Å². The number of nitrogens with zero attached hydrogens (tertiary/aromatic N) is 4. The highest BCUT2D eigenvalue weighted by molar-refractivity contribution is 6.02. The molecular formula is C18H13N5O. The van der Waals surface area contributed by atoms with Crippen molar-refractivity contribution in [2.45, 2.75) is 13.8 Å². The quantitative estimate of drug-likeness (QED) is 0.555. The van der Waals surface area contributed by atoms with E-state index in [1.165, 1.54) is 0 Å². The molecule has 0 aromatic carbocycles. The van der Waals surface area contributed by atoms with Gasteiger partial charge in [-0.15, -0.1) is 4.98 Å². The molecule has 0 spiro atoms. The number of aromatic amines is 1. The molecule has 0 unspecified atom stereocenters. The highest BCUT2D eigenvalue weighted by atomic mass is 16.5. The van der Waals surface area contributed by atoms with Crippen LogP contribution in [0.2, 0.25) is 0 Å². The first kappa shape index (κ1) is 14.2. The van der Waals surface area contributed by atoms with Crippen LogP contribution >= 0.6 is 0 Å². The Kier molecular flexibility index (Phi) is 3.14. The Labute approximate surface area is 138 Å². The van der Waals surface area contributed by atoms with E-state index in [1.807, 2.05) is 32.0 Å². The van der Waals surface area contributed by atoms with Gasteiger partial charge < -0.3 is 14.4 Å². The van der Waals surface area contributed by atoms with Gasteiger partial charge >= 0.3 is 0 Å². The fraction of sp³-hybridized carbons (Fsp3) is 0.111. The average Bonchev–Trinajstić information content (AvgIpc) is 3.14. The molecule has 4 aromatic rings. The summed E-state index contributed by atoms with van der Waals surface area (Å²) in [6, 6.07) is 7.45. The summed E-state index contributed by atoms with van der Waals surface area (Å²) in [5, 5.41) is 4.07. The van der Waals surface area contributed by atoms with E-state index in [4.69, 9.17) is 11.1 Å². The van der Waals surface area contributed by atoms with Crippen molar-refractivity contribution in [1.82, 2.24) is 20.1 Å². The van der Waals surface area contributed by atoms with Crippen LogP contribution in [-0.4, -0.2) is 20.1 Å². The molecular weight excluding hydrogens is 302 g/mol. The third-order valence-corrected chi connectivity index (χ3v) is 3.99. The third kappa shape index (κ3) is 2.07. The summed E-state index contributed by atoms with van der Waals surface area (Å²) in [7, 11) is 0. The van der Waals surface area contributed by atoms with E-state index in [1.54, 1.807) is 18.5 Å². The predicted octanol–water partition coefficient (Wildman–Crippen LogP) is 4.45. The van der Waals surface area contributed by atoms with Gasteiger partial charge in [0.2, 0.25) is 0 Å². The molecule has 0 amide bonds. The van der Waals surface area contributed by atoms with Crippen LogP contribution in [0.4, 0.5) is 5.82 Å². The topological polar surface area (TPSA) is 72.0 Å². The molecule has 4 heterocycles. The number of hydrogen-bond donors (Lipinski definition) is 1. The number of rotatable bonds is 2. The summed E-state index contributed by atoms with van der Waals surface area (Å²) in [6.07, 6.45) is 3.49. The Hall–Kier alpha value is -3.46. The molecule has 0 aliphatic rings. The molecule has 0 saturated heterocycles. The zero-order valence-electron chi connectivity index (χ0n) is 13.2. The van der Waals surface area contributed by atoms with Gasteiger partial charge in [-0.05, 0) is 38.1 Å². The number of nitrogens with one attached hydrogen (secondary N) is 1. The van der Waals surface area contributed by atoms with E-state index in [0.717, 1.165) is 44.9 Å². The van der Waals surface area contributed by atoms with Crippen LogP contribution < -0.4 is 0 Å². The van der Waals surface area contributed by atoms with Gasteiger partial charge in [0.15, 0.2) is 5.52 Å². The van der Waals surface area contributed by atoms with Crippen molar-refractivity contribution in [3.63, 3.8) is 0 Å². The standard InChI is InChI=1S/C18H13N5O/c1-10-15(11(2)24-23-10)16-17(12-6-8-20-9-7-12)21-13-4-5-14(19-3)22-18(13)16/h4-9,21H,1-2H3. The fourth-order valence-electron chi connectivity index (χ4n) is 2.94. The van der Waals surface area contributed by atoms with Crippen molar-refractivity contribution in [3.05, 3.63) is 59.5 Å². The predicted molar refractivity (Wildman–Crippen MR) is 90.6 cm³/mol. The highest BCUT2D eigenvalue weighted by Gasteiger charge is 2.24. The summed E-state index contributed by atoms with van der Waals surface area (Å²) in [5.41, 5.74) is 6.10. The summed E-state index contributed by atoms with van der Waals surface area (Å²) in [4.78, 5) is 15.4. The van der Waals surface area contributed by atoms with Crippen molar-refractivity contribution in [1.29, 1.82) is 0 Å². The van der Waals surface area contributed by atoms with E-state index in [0.29, 0.717) is 5.82 Å². The third-order valence-electron chi connectivity index (χ3n) is 3.99. The van der Waals surface area contributed by atoms with E-state index in [2.05, 4.69) is 25.0 Å². The normalized spacial score (nSPS) is 10.9. The first-order chi connectivity index (χ1) is 11.7. The number of hydrogen-bond acceptors (Lipinski definition) is 4. The van der Waals surface area contributed by atoms with Crippen LogP contribution in [-0.2, 0) is 0 Å². The van der Waals surface area contributed by atoms with Crippen molar-refractivity contribution in [2.75, 3.05) is 0 Å². The Morgan fingerprint density at radius 1 is 1.08 bits per heavy atom. The molecule has 0 saturated carbocycles. The lowest BCUT2D eigenvalue weighted by atomic mass is 10.00. The van der Waals surface area contributed by atoms with Gasteiger partial charge in [-0.2, -0.15) is 0 Å². The van der Waals surface area contributed by atoms with Crippen LogP contribution in [0.3, 0.4) is 0 Å². The molecule has 6 heteroatoms. The van der Waals surface area contributed by atoms with Crippen molar-refractivity contribution in [2.24, 2.45) is 0 Å². The Morgan fingerprint density at radius 2 is 1.88 bits per heavy atom. The van der Waals surface area contributed by atoms with Crippen molar-refractivity contribution in [3.8, 4) is 22.4 Å². The zero-order chi connectivity index (χ0) is 16.7. The average molecular weight is 315 g/mol. The second kappa shape index (κ2) is 5.32. The van der Waals surface area contributed by atoms with Gasteiger partial charge in [0.1, 0.15) is 5.76 Å². The first-order valence-electron chi connectivity index (χ1n) is 7.43. The maximum atomic E-state index is 7.23. The summed E-state index contributed by atoms with van der Waals surface area (Å²) in [6.45, 7) is 11.0. The molecule has 1 N–H and O–H groups in total. The number of H-pyrrole nitrogens is 1. The minimum Gasteiger partial charge on any atom is -0.361 e. The van der Waals surface area contributed by atoms with Gasteiger partial charge in [0.05, 0.1) is 28.0 Å². The molecule has 0 bridgehead atoms.